The summed E-state index contributed by atoms with van der Waals surface area (Å²) in [6.07, 6.45) is 6.85. The first-order valence-corrected chi connectivity index (χ1v) is 10.9. The maximum atomic E-state index is 12.2. The molecule has 0 unspecified atom stereocenters. The zero-order valence-corrected chi connectivity index (χ0v) is 18.4. The SMILES string of the molecule is C=CCOc1ccc(Br)c(/C=N\NC(=O)C(=O)Nc2sc3c(c2C#N)CCCC3)c1. The number of hydrogen-bond acceptors (Lipinski definition) is 6. The number of carbonyl (C=O) groups excluding carboxylic acids is 2. The van der Waals surface area contributed by atoms with E-state index >= 15 is 0 Å². The second kappa shape index (κ2) is 10.2. The molecular weight excluding hydrogens is 468 g/mol. The molecule has 7 nitrogen and oxygen atoms in total. The minimum absolute atomic E-state index is 0.367. The predicted molar refractivity (Wildman–Crippen MR) is 120 cm³/mol. The lowest BCUT2D eigenvalue weighted by molar-refractivity contribution is -0.136. The van der Waals surface area contributed by atoms with Gasteiger partial charge in [0.05, 0.1) is 11.8 Å². The zero-order chi connectivity index (χ0) is 21.5. The van der Waals surface area contributed by atoms with E-state index in [-0.39, 0.29) is 0 Å². The number of halogens is 1. The van der Waals surface area contributed by atoms with Crippen LogP contribution in [0.1, 0.15) is 34.4 Å². The molecule has 154 valence electrons. The van der Waals surface area contributed by atoms with E-state index in [2.05, 4.69) is 44.4 Å². The number of hydrazone groups is 1. The molecule has 0 saturated carbocycles. The molecule has 1 aliphatic rings. The molecule has 0 radical (unpaired) electrons. The van der Waals surface area contributed by atoms with E-state index in [4.69, 9.17) is 4.74 Å². The van der Waals surface area contributed by atoms with Crippen LogP contribution in [-0.2, 0) is 22.4 Å². The molecule has 2 amide bonds. The van der Waals surface area contributed by atoms with Crippen LogP contribution in [0.15, 0.2) is 40.4 Å². The molecule has 0 fully saturated rings. The van der Waals surface area contributed by atoms with Crippen molar-refractivity contribution in [2.75, 3.05) is 11.9 Å². The number of anilines is 1. The van der Waals surface area contributed by atoms with Crippen LogP contribution in [0.4, 0.5) is 5.00 Å². The molecule has 1 aliphatic carbocycles. The van der Waals surface area contributed by atoms with Crippen molar-refractivity contribution < 1.29 is 14.3 Å². The molecule has 1 heterocycles. The van der Waals surface area contributed by atoms with E-state index in [1.807, 2.05) is 0 Å². The van der Waals surface area contributed by atoms with Gasteiger partial charge in [-0.25, -0.2) is 5.43 Å². The zero-order valence-electron chi connectivity index (χ0n) is 16.0. The van der Waals surface area contributed by atoms with Gasteiger partial charge in [0.15, 0.2) is 0 Å². The van der Waals surface area contributed by atoms with Crippen molar-refractivity contribution in [2.24, 2.45) is 5.10 Å². The Labute approximate surface area is 186 Å². The lowest BCUT2D eigenvalue weighted by Crippen LogP contribution is -2.32. The molecule has 0 saturated heterocycles. The minimum atomic E-state index is -0.920. The number of hydrogen-bond donors (Lipinski definition) is 2. The van der Waals surface area contributed by atoms with Crippen molar-refractivity contribution in [1.29, 1.82) is 5.26 Å². The van der Waals surface area contributed by atoms with Crippen LogP contribution < -0.4 is 15.5 Å². The molecule has 1 aromatic carbocycles. The maximum absolute atomic E-state index is 12.2. The summed E-state index contributed by atoms with van der Waals surface area (Å²) in [7, 11) is 0. The van der Waals surface area contributed by atoms with Crippen molar-refractivity contribution in [2.45, 2.75) is 25.7 Å². The first kappa shape index (κ1) is 21.7. The van der Waals surface area contributed by atoms with Crippen molar-refractivity contribution in [3.8, 4) is 11.8 Å². The topological polar surface area (TPSA) is 104 Å². The molecule has 2 N–H and O–H groups in total. The highest BCUT2D eigenvalue weighted by molar-refractivity contribution is 9.10. The molecule has 2 aromatic rings. The largest absolute Gasteiger partial charge is 0.490 e. The van der Waals surface area contributed by atoms with Crippen LogP contribution in [0, 0.1) is 11.3 Å². The molecule has 1 aromatic heterocycles. The van der Waals surface area contributed by atoms with Crippen molar-refractivity contribution >= 4 is 50.3 Å². The van der Waals surface area contributed by atoms with Crippen molar-refractivity contribution in [3.05, 3.63) is 56.9 Å². The van der Waals surface area contributed by atoms with Crippen LogP contribution in [-0.4, -0.2) is 24.6 Å². The van der Waals surface area contributed by atoms with Crippen molar-refractivity contribution in [1.82, 2.24) is 5.43 Å². The quantitative estimate of drug-likeness (QED) is 0.279. The fourth-order valence-electron chi connectivity index (χ4n) is 3.01. The van der Waals surface area contributed by atoms with Gasteiger partial charge in [0.1, 0.15) is 23.4 Å². The average molecular weight is 487 g/mol. The highest BCUT2D eigenvalue weighted by atomic mass is 79.9. The summed E-state index contributed by atoms with van der Waals surface area (Å²) < 4.78 is 6.21. The number of ether oxygens (including phenoxy) is 1. The normalized spacial score (nSPS) is 12.7. The highest BCUT2D eigenvalue weighted by Gasteiger charge is 2.23. The summed E-state index contributed by atoms with van der Waals surface area (Å²) >= 11 is 4.76. The Bertz CT molecular complexity index is 1060. The number of fused-ring (bicyclic) bond motifs is 1. The maximum Gasteiger partial charge on any atom is 0.329 e. The highest BCUT2D eigenvalue weighted by Crippen LogP contribution is 2.37. The van der Waals surface area contributed by atoms with Crippen molar-refractivity contribution in [3.63, 3.8) is 0 Å². The summed E-state index contributed by atoms with van der Waals surface area (Å²) in [4.78, 5) is 25.5. The van der Waals surface area contributed by atoms with Gasteiger partial charge in [0.25, 0.3) is 0 Å². The first-order chi connectivity index (χ1) is 14.5. The number of nitrogens with zero attached hydrogens (tertiary/aromatic N) is 2. The number of aryl methyl sites for hydroxylation is 1. The molecule has 0 bridgehead atoms. The molecular formula is C21H19BrN4O3S. The Balaban J connectivity index is 1.63. The smallest absolute Gasteiger partial charge is 0.329 e. The lowest BCUT2D eigenvalue weighted by Gasteiger charge is -2.09. The van der Waals surface area contributed by atoms with Gasteiger partial charge in [-0.3, -0.25) is 9.59 Å². The van der Waals surface area contributed by atoms with E-state index in [9.17, 15) is 14.9 Å². The van der Waals surface area contributed by atoms with Crippen LogP contribution in [0.3, 0.4) is 0 Å². The Morgan fingerprint density at radius 2 is 2.13 bits per heavy atom. The van der Waals surface area contributed by atoms with Gasteiger partial charge in [0.2, 0.25) is 0 Å². The van der Waals surface area contributed by atoms with Gasteiger partial charge in [-0.05, 0) is 49.4 Å². The third-order valence-electron chi connectivity index (χ3n) is 4.42. The van der Waals surface area contributed by atoms with Gasteiger partial charge < -0.3 is 10.1 Å². The van der Waals surface area contributed by atoms with E-state index in [0.717, 1.165) is 40.6 Å². The fraction of sp³-hybridized carbons (Fsp3) is 0.238. The lowest BCUT2D eigenvalue weighted by atomic mass is 9.96. The average Bonchev–Trinajstić information content (AvgIpc) is 3.10. The number of nitrogens with one attached hydrogen (secondary N) is 2. The molecule has 0 atom stereocenters. The Morgan fingerprint density at radius 3 is 2.90 bits per heavy atom. The van der Waals surface area contributed by atoms with Crippen LogP contribution >= 0.6 is 27.3 Å². The number of amides is 2. The third-order valence-corrected chi connectivity index (χ3v) is 6.35. The van der Waals surface area contributed by atoms with Gasteiger partial charge in [-0.15, -0.1) is 11.3 Å². The predicted octanol–water partition coefficient (Wildman–Crippen LogP) is 3.91. The van der Waals surface area contributed by atoms with Gasteiger partial charge in [0, 0.05) is 14.9 Å². The molecule has 30 heavy (non-hydrogen) atoms. The second-order valence-corrected chi connectivity index (χ2v) is 8.42. The van der Waals surface area contributed by atoms with E-state index in [0.29, 0.717) is 28.5 Å². The van der Waals surface area contributed by atoms with Crippen LogP contribution in [0.25, 0.3) is 0 Å². The fourth-order valence-corrected chi connectivity index (χ4v) is 4.59. The van der Waals surface area contributed by atoms with E-state index < -0.39 is 11.8 Å². The summed E-state index contributed by atoms with van der Waals surface area (Å²) in [5, 5.41) is 16.3. The summed E-state index contributed by atoms with van der Waals surface area (Å²) in [6, 6.07) is 7.45. The van der Waals surface area contributed by atoms with E-state index in [1.165, 1.54) is 17.6 Å². The Hall–Kier alpha value is -2.96. The minimum Gasteiger partial charge on any atom is -0.490 e. The number of rotatable bonds is 6. The standard InChI is InChI=1S/C21H19BrN4O3S/c1-2-9-29-14-7-8-17(22)13(10-14)12-24-26-20(28)19(27)25-21-16(11-23)15-5-3-4-6-18(15)30-21/h2,7-8,10,12H,1,3-6,9H2,(H,25,27)(H,26,28)/b24-12-. The van der Waals surface area contributed by atoms with Gasteiger partial charge in [-0.1, -0.05) is 28.6 Å². The molecule has 9 heteroatoms. The third kappa shape index (κ3) is 5.14. The molecule has 0 spiro atoms. The number of thiophene rings is 1. The van der Waals surface area contributed by atoms with Gasteiger partial charge in [-0.2, -0.15) is 10.4 Å². The van der Waals surface area contributed by atoms with E-state index in [1.54, 1.807) is 24.3 Å². The number of benzene rings is 1. The Kier molecular flexibility index (Phi) is 7.38. The molecule has 3 rings (SSSR count). The summed E-state index contributed by atoms with van der Waals surface area (Å²) in [5.74, 6) is -1.17. The summed E-state index contributed by atoms with van der Waals surface area (Å²) in [6.45, 7) is 3.96. The molecule has 0 aliphatic heterocycles. The van der Waals surface area contributed by atoms with Crippen LogP contribution in [0.2, 0.25) is 0 Å². The monoisotopic (exact) mass is 486 g/mol. The number of carbonyl (C=O) groups is 2. The van der Waals surface area contributed by atoms with Crippen LogP contribution in [0.5, 0.6) is 5.75 Å². The summed E-state index contributed by atoms with van der Waals surface area (Å²) in [5.41, 5.74) is 4.31. The Morgan fingerprint density at radius 1 is 1.33 bits per heavy atom. The second-order valence-electron chi connectivity index (χ2n) is 6.46. The van der Waals surface area contributed by atoms with Gasteiger partial charge >= 0.3 is 11.8 Å². The first-order valence-electron chi connectivity index (χ1n) is 9.25. The number of nitriles is 1.